The lowest BCUT2D eigenvalue weighted by atomic mass is 9.80. The maximum atomic E-state index is 14.5. The highest BCUT2D eigenvalue weighted by Gasteiger charge is 2.39. The van der Waals surface area contributed by atoms with Gasteiger partial charge in [-0.1, -0.05) is 25.1 Å². The predicted octanol–water partition coefficient (Wildman–Crippen LogP) is 3.14. The number of carbonyl (C=O) groups is 2. The van der Waals surface area contributed by atoms with E-state index in [1.807, 2.05) is 6.92 Å². The first kappa shape index (κ1) is 19.6. The summed E-state index contributed by atoms with van der Waals surface area (Å²) in [7, 11) is 1.14. The second kappa shape index (κ2) is 8.60. The van der Waals surface area contributed by atoms with Crippen LogP contribution in [0.2, 0.25) is 0 Å². The number of halogens is 2. The Morgan fingerprint density at radius 3 is 2.46 bits per heavy atom. The Labute approximate surface area is 150 Å². The predicted molar refractivity (Wildman–Crippen MR) is 91.2 cm³/mol. The van der Waals surface area contributed by atoms with E-state index in [0.717, 1.165) is 7.11 Å². The van der Waals surface area contributed by atoms with Crippen LogP contribution in [0.3, 0.4) is 0 Å². The van der Waals surface area contributed by atoms with Crippen molar-refractivity contribution in [3.8, 4) is 0 Å². The summed E-state index contributed by atoms with van der Waals surface area (Å²) in [5.74, 6) is -3.27. The molecule has 1 heterocycles. The standard InChI is InChI=1S/C19H21F2NO4/c1-4-9-26-19(24)15-11(2)22-14(10-20)17(18(23)25-3)16(15)12-7-5-6-8-13(12)21/h5-8,16,22H,4,9-10H2,1-3H3. The normalized spacial score (nSPS) is 17.0. The third-order valence-electron chi connectivity index (χ3n) is 4.06. The lowest BCUT2D eigenvalue weighted by Gasteiger charge is -2.30. The van der Waals surface area contributed by atoms with Gasteiger partial charge in [0.1, 0.15) is 12.5 Å². The molecular formula is C19H21F2NO4. The van der Waals surface area contributed by atoms with Crippen LogP contribution in [0.5, 0.6) is 0 Å². The molecule has 1 aliphatic rings. The zero-order valence-electron chi connectivity index (χ0n) is 14.9. The van der Waals surface area contributed by atoms with Gasteiger partial charge in [0, 0.05) is 11.3 Å². The van der Waals surface area contributed by atoms with Gasteiger partial charge < -0.3 is 14.8 Å². The van der Waals surface area contributed by atoms with Gasteiger partial charge in [-0.3, -0.25) is 0 Å². The highest BCUT2D eigenvalue weighted by Crippen LogP contribution is 2.40. The Hall–Kier alpha value is -2.70. The SMILES string of the molecule is CCCOC(=O)C1=C(C)NC(CF)=C(C(=O)OC)C1c1ccccc1F. The fourth-order valence-electron chi connectivity index (χ4n) is 2.92. The summed E-state index contributed by atoms with van der Waals surface area (Å²) >= 11 is 0. The van der Waals surface area contributed by atoms with E-state index >= 15 is 0 Å². The van der Waals surface area contributed by atoms with Crippen molar-refractivity contribution in [3.63, 3.8) is 0 Å². The van der Waals surface area contributed by atoms with E-state index in [0.29, 0.717) is 12.1 Å². The molecule has 0 spiro atoms. The fourth-order valence-corrected chi connectivity index (χ4v) is 2.92. The van der Waals surface area contributed by atoms with Gasteiger partial charge in [0.15, 0.2) is 0 Å². The van der Waals surface area contributed by atoms with Crippen LogP contribution in [0.25, 0.3) is 0 Å². The largest absolute Gasteiger partial charge is 0.466 e. The molecule has 1 N–H and O–H groups in total. The second-order valence-electron chi connectivity index (χ2n) is 5.77. The smallest absolute Gasteiger partial charge is 0.336 e. The van der Waals surface area contributed by atoms with Crippen LogP contribution in [0.1, 0.15) is 31.7 Å². The van der Waals surface area contributed by atoms with Gasteiger partial charge in [0.2, 0.25) is 0 Å². The number of rotatable bonds is 6. The molecule has 1 aliphatic heterocycles. The van der Waals surface area contributed by atoms with E-state index in [4.69, 9.17) is 9.47 Å². The van der Waals surface area contributed by atoms with Crippen LogP contribution >= 0.6 is 0 Å². The number of hydrogen-bond donors (Lipinski definition) is 1. The molecule has 7 heteroatoms. The number of esters is 2. The van der Waals surface area contributed by atoms with Crippen LogP contribution in [0.4, 0.5) is 8.78 Å². The molecule has 0 aromatic heterocycles. The van der Waals surface area contributed by atoms with Crippen molar-refractivity contribution in [2.45, 2.75) is 26.2 Å². The zero-order valence-corrected chi connectivity index (χ0v) is 14.9. The number of benzene rings is 1. The number of nitrogens with one attached hydrogen (secondary N) is 1. The van der Waals surface area contributed by atoms with Crippen LogP contribution < -0.4 is 5.32 Å². The fraction of sp³-hybridized carbons (Fsp3) is 0.368. The quantitative estimate of drug-likeness (QED) is 0.785. The van der Waals surface area contributed by atoms with E-state index < -0.39 is 30.3 Å². The lowest BCUT2D eigenvalue weighted by molar-refractivity contribution is -0.139. The minimum atomic E-state index is -1.12. The Morgan fingerprint density at radius 2 is 1.88 bits per heavy atom. The highest BCUT2D eigenvalue weighted by atomic mass is 19.1. The molecule has 2 rings (SSSR count). The van der Waals surface area contributed by atoms with Gasteiger partial charge in [-0.15, -0.1) is 0 Å². The summed E-state index contributed by atoms with van der Waals surface area (Å²) in [5, 5.41) is 2.72. The van der Waals surface area contributed by atoms with Gasteiger partial charge in [0.05, 0.1) is 36.5 Å². The second-order valence-corrected chi connectivity index (χ2v) is 5.77. The Balaban J connectivity index is 2.68. The van der Waals surface area contributed by atoms with Gasteiger partial charge >= 0.3 is 11.9 Å². The Kier molecular flexibility index (Phi) is 6.49. The molecule has 1 unspecified atom stereocenters. The van der Waals surface area contributed by atoms with E-state index in [9.17, 15) is 18.4 Å². The van der Waals surface area contributed by atoms with Crippen molar-refractivity contribution in [1.82, 2.24) is 5.32 Å². The van der Waals surface area contributed by atoms with E-state index in [1.54, 1.807) is 13.0 Å². The first-order chi connectivity index (χ1) is 12.5. The average Bonchev–Trinajstić information content (AvgIpc) is 2.64. The molecule has 0 fully saturated rings. The number of methoxy groups -OCH3 is 1. The number of alkyl halides is 1. The van der Waals surface area contributed by atoms with Crippen molar-refractivity contribution in [3.05, 3.63) is 58.2 Å². The molecule has 1 atom stereocenters. The van der Waals surface area contributed by atoms with Crippen molar-refractivity contribution >= 4 is 11.9 Å². The molecule has 0 aliphatic carbocycles. The number of hydrogen-bond acceptors (Lipinski definition) is 5. The maximum absolute atomic E-state index is 14.5. The van der Waals surface area contributed by atoms with Crippen molar-refractivity contribution in [1.29, 1.82) is 0 Å². The lowest BCUT2D eigenvalue weighted by Crippen LogP contribution is -2.34. The summed E-state index contributed by atoms with van der Waals surface area (Å²) in [6, 6.07) is 5.73. The third kappa shape index (κ3) is 3.76. The van der Waals surface area contributed by atoms with Crippen molar-refractivity contribution in [2.75, 3.05) is 20.4 Å². The Morgan fingerprint density at radius 1 is 1.19 bits per heavy atom. The monoisotopic (exact) mass is 365 g/mol. The summed E-state index contributed by atoms with van der Waals surface area (Å²) in [4.78, 5) is 24.9. The first-order valence-electron chi connectivity index (χ1n) is 8.22. The van der Waals surface area contributed by atoms with Gasteiger partial charge in [0.25, 0.3) is 0 Å². The number of carbonyl (C=O) groups excluding carboxylic acids is 2. The molecule has 0 bridgehead atoms. The molecule has 1 aromatic carbocycles. The molecule has 5 nitrogen and oxygen atoms in total. The molecular weight excluding hydrogens is 344 g/mol. The van der Waals surface area contributed by atoms with Crippen LogP contribution in [0, 0.1) is 5.82 Å². The molecule has 0 radical (unpaired) electrons. The zero-order chi connectivity index (χ0) is 19.3. The van der Waals surface area contributed by atoms with Gasteiger partial charge in [-0.05, 0) is 19.4 Å². The van der Waals surface area contributed by atoms with Gasteiger partial charge in [-0.25, -0.2) is 18.4 Å². The van der Waals surface area contributed by atoms with Crippen molar-refractivity contribution in [2.24, 2.45) is 0 Å². The van der Waals surface area contributed by atoms with Crippen molar-refractivity contribution < 1.29 is 27.8 Å². The third-order valence-corrected chi connectivity index (χ3v) is 4.06. The minimum Gasteiger partial charge on any atom is -0.466 e. The minimum absolute atomic E-state index is 0.0566. The summed E-state index contributed by atoms with van der Waals surface area (Å²) in [6.07, 6.45) is 0.602. The molecule has 1 aromatic rings. The Bertz CT molecular complexity index is 771. The van der Waals surface area contributed by atoms with Gasteiger partial charge in [-0.2, -0.15) is 0 Å². The molecule has 0 saturated carbocycles. The molecule has 0 amide bonds. The number of ether oxygens (including phenoxy) is 2. The summed E-state index contributed by atoms with van der Waals surface area (Å²) in [6.45, 7) is 2.57. The first-order valence-corrected chi connectivity index (χ1v) is 8.22. The number of allylic oxidation sites excluding steroid dienone is 2. The molecule has 26 heavy (non-hydrogen) atoms. The summed E-state index contributed by atoms with van der Waals surface area (Å²) < 4.78 is 38.0. The van der Waals surface area contributed by atoms with Crippen LogP contribution in [-0.4, -0.2) is 32.3 Å². The maximum Gasteiger partial charge on any atom is 0.336 e. The highest BCUT2D eigenvalue weighted by molar-refractivity contribution is 6.00. The van der Waals surface area contributed by atoms with E-state index in [1.165, 1.54) is 18.2 Å². The molecule has 0 saturated heterocycles. The topological polar surface area (TPSA) is 64.6 Å². The average molecular weight is 365 g/mol. The van der Waals surface area contributed by atoms with Crippen LogP contribution in [-0.2, 0) is 19.1 Å². The van der Waals surface area contributed by atoms with E-state index in [-0.39, 0.29) is 29.0 Å². The number of dihydropyridines is 1. The van der Waals surface area contributed by atoms with Crippen LogP contribution in [0.15, 0.2) is 46.8 Å². The van der Waals surface area contributed by atoms with E-state index in [2.05, 4.69) is 5.32 Å². The molecule has 140 valence electrons. The summed E-state index contributed by atoms with van der Waals surface area (Å²) in [5.41, 5.74) is 0.229.